The molecular weight excluding hydrogens is 168 g/mol. The number of hydrogen-bond donors (Lipinski definition) is 1. The average molecular weight is 178 g/mol. The molecule has 0 bridgehead atoms. The van der Waals surface area contributed by atoms with Crippen molar-refractivity contribution in [1.29, 1.82) is 0 Å². The third-order valence-electron chi connectivity index (χ3n) is 1.25. The number of nitrogens with zero attached hydrogens (tertiary/aromatic N) is 1. The van der Waals surface area contributed by atoms with Gasteiger partial charge < -0.3 is 9.84 Å². The number of rotatable bonds is 3. The zero-order valence-corrected chi connectivity index (χ0v) is 7.23. The number of aromatic nitrogens is 1. The SMILES string of the molecule is C/C=C/C=C/C(=O)Nc1cnoc1. The van der Waals surface area contributed by atoms with Gasteiger partial charge in [-0.05, 0) is 6.92 Å². The third kappa shape index (κ3) is 3.37. The van der Waals surface area contributed by atoms with Crippen LogP contribution in [-0.2, 0) is 4.79 Å². The minimum atomic E-state index is -0.207. The molecule has 0 aromatic carbocycles. The molecule has 1 N–H and O–H groups in total. The molecule has 4 nitrogen and oxygen atoms in total. The van der Waals surface area contributed by atoms with Crippen LogP contribution < -0.4 is 5.32 Å². The van der Waals surface area contributed by atoms with E-state index >= 15 is 0 Å². The zero-order valence-electron chi connectivity index (χ0n) is 7.23. The molecule has 0 saturated carbocycles. The topological polar surface area (TPSA) is 55.1 Å². The quantitative estimate of drug-likeness (QED) is 0.566. The maximum absolute atomic E-state index is 11.1. The van der Waals surface area contributed by atoms with Crippen LogP contribution in [0.1, 0.15) is 6.92 Å². The Morgan fingerprint density at radius 3 is 3.08 bits per heavy atom. The van der Waals surface area contributed by atoms with Gasteiger partial charge in [0, 0.05) is 6.08 Å². The number of allylic oxidation sites excluding steroid dienone is 3. The molecule has 0 aliphatic rings. The number of anilines is 1. The van der Waals surface area contributed by atoms with E-state index in [1.165, 1.54) is 18.5 Å². The molecule has 0 fully saturated rings. The normalized spacial score (nSPS) is 11.2. The van der Waals surface area contributed by atoms with Gasteiger partial charge in [-0.25, -0.2) is 0 Å². The Kier molecular flexibility index (Phi) is 3.50. The van der Waals surface area contributed by atoms with E-state index in [9.17, 15) is 4.79 Å². The molecule has 1 aromatic rings. The second-order valence-corrected chi connectivity index (χ2v) is 2.29. The van der Waals surface area contributed by atoms with Gasteiger partial charge in [0.25, 0.3) is 0 Å². The Balaban J connectivity index is 2.42. The molecule has 0 saturated heterocycles. The van der Waals surface area contributed by atoms with Gasteiger partial charge in [-0.15, -0.1) is 0 Å². The number of nitrogens with one attached hydrogen (secondary N) is 1. The maximum atomic E-state index is 11.1. The molecule has 0 unspecified atom stereocenters. The van der Waals surface area contributed by atoms with Crippen molar-refractivity contribution < 1.29 is 9.32 Å². The molecule has 1 rings (SSSR count). The van der Waals surface area contributed by atoms with Crippen molar-refractivity contribution in [3.8, 4) is 0 Å². The van der Waals surface area contributed by atoms with Crippen LogP contribution in [0.5, 0.6) is 0 Å². The fourth-order valence-corrected chi connectivity index (χ4v) is 0.705. The third-order valence-corrected chi connectivity index (χ3v) is 1.25. The average Bonchev–Trinajstić information content (AvgIpc) is 2.57. The lowest BCUT2D eigenvalue weighted by Gasteiger charge is -1.93. The standard InChI is InChI=1S/C9H10N2O2/c1-2-3-4-5-9(12)11-8-6-10-13-7-8/h2-7H,1H3,(H,11,12)/b3-2+,5-4+. The highest BCUT2D eigenvalue weighted by molar-refractivity contribution is 5.99. The van der Waals surface area contributed by atoms with E-state index in [0.29, 0.717) is 5.69 Å². The number of amides is 1. The lowest BCUT2D eigenvalue weighted by Crippen LogP contribution is -2.06. The first-order chi connectivity index (χ1) is 6.33. The van der Waals surface area contributed by atoms with Crippen molar-refractivity contribution in [2.45, 2.75) is 6.92 Å². The maximum Gasteiger partial charge on any atom is 0.248 e. The van der Waals surface area contributed by atoms with Crippen molar-refractivity contribution in [1.82, 2.24) is 5.16 Å². The fourth-order valence-electron chi connectivity index (χ4n) is 0.705. The summed E-state index contributed by atoms with van der Waals surface area (Å²) in [5.74, 6) is -0.207. The van der Waals surface area contributed by atoms with E-state index in [4.69, 9.17) is 0 Å². The molecule has 1 aromatic heterocycles. The van der Waals surface area contributed by atoms with E-state index in [2.05, 4.69) is 15.0 Å². The Morgan fingerprint density at radius 1 is 1.62 bits per heavy atom. The lowest BCUT2D eigenvalue weighted by atomic mass is 10.4. The second kappa shape index (κ2) is 4.92. The zero-order chi connectivity index (χ0) is 9.52. The summed E-state index contributed by atoms with van der Waals surface area (Å²) in [6.07, 6.45) is 9.48. The first-order valence-corrected chi connectivity index (χ1v) is 3.82. The summed E-state index contributed by atoms with van der Waals surface area (Å²) in [4.78, 5) is 11.1. The number of carbonyl (C=O) groups is 1. The predicted octanol–water partition coefficient (Wildman–Crippen LogP) is 1.75. The summed E-state index contributed by atoms with van der Waals surface area (Å²) in [6.45, 7) is 1.88. The molecule has 1 amide bonds. The number of hydrogen-bond acceptors (Lipinski definition) is 3. The fraction of sp³-hybridized carbons (Fsp3) is 0.111. The Bertz CT molecular complexity index is 312. The molecule has 1 heterocycles. The van der Waals surface area contributed by atoms with Gasteiger partial charge in [-0.3, -0.25) is 4.79 Å². The minimum Gasteiger partial charge on any atom is -0.363 e. The largest absolute Gasteiger partial charge is 0.363 e. The molecule has 0 aliphatic heterocycles. The molecule has 0 radical (unpaired) electrons. The second-order valence-electron chi connectivity index (χ2n) is 2.29. The van der Waals surface area contributed by atoms with Crippen LogP contribution in [-0.4, -0.2) is 11.1 Å². The monoisotopic (exact) mass is 178 g/mol. The van der Waals surface area contributed by atoms with Crippen molar-refractivity contribution in [3.05, 3.63) is 36.8 Å². The minimum absolute atomic E-state index is 0.207. The Hall–Kier alpha value is -1.84. The van der Waals surface area contributed by atoms with Gasteiger partial charge in [0.1, 0.15) is 12.0 Å². The molecule has 0 atom stereocenters. The van der Waals surface area contributed by atoms with Gasteiger partial charge in [-0.2, -0.15) is 0 Å². The summed E-state index contributed by atoms with van der Waals surface area (Å²) in [7, 11) is 0. The number of carbonyl (C=O) groups excluding carboxylic acids is 1. The van der Waals surface area contributed by atoms with Crippen LogP contribution >= 0.6 is 0 Å². The van der Waals surface area contributed by atoms with E-state index in [1.54, 1.807) is 12.2 Å². The van der Waals surface area contributed by atoms with Crippen molar-refractivity contribution in [3.63, 3.8) is 0 Å². The predicted molar refractivity (Wildman–Crippen MR) is 49.1 cm³/mol. The van der Waals surface area contributed by atoms with Crippen LogP contribution in [0.15, 0.2) is 41.3 Å². The van der Waals surface area contributed by atoms with Crippen LogP contribution in [0.25, 0.3) is 0 Å². The van der Waals surface area contributed by atoms with Crippen molar-refractivity contribution in [2.75, 3.05) is 5.32 Å². The van der Waals surface area contributed by atoms with E-state index < -0.39 is 0 Å². The first-order valence-electron chi connectivity index (χ1n) is 3.82. The van der Waals surface area contributed by atoms with E-state index in [1.807, 2.05) is 13.0 Å². The molecule has 68 valence electrons. The summed E-state index contributed by atoms with van der Waals surface area (Å²) >= 11 is 0. The van der Waals surface area contributed by atoms with Gasteiger partial charge in [0.05, 0.1) is 6.20 Å². The van der Waals surface area contributed by atoms with Crippen LogP contribution in [0.4, 0.5) is 5.69 Å². The molecule has 0 aliphatic carbocycles. The van der Waals surface area contributed by atoms with E-state index in [-0.39, 0.29) is 5.91 Å². The van der Waals surface area contributed by atoms with Gasteiger partial charge in [0.2, 0.25) is 5.91 Å². The highest BCUT2D eigenvalue weighted by atomic mass is 16.5. The highest BCUT2D eigenvalue weighted by Crippen LogP contribution is 2.02. The molecular formula is C9H10N2O2. The highest BCUT2D eigenvalue weighted by Gasteiger charge is 1.97. The van der Waals surface area contributed by atoms with E-state index in [0.717, 1.165) is 0 Å². The molecule has 0 spiro atoms. The van der Waals surface area contributed by atoms with Crippen molar-refractivity contribution >= 4 is 11.6 Å². The first kappa shape index (κ1) is 9.25. The Morgan fingerprint density at radius 2 is 2.46 bits per heavy atom. The molecule has 13 heavy (non-hydrogen) atoms. The summed E-state index contributed by atoms with van der Waals surface area (Å²) in [5, 5.41) is 6.01. The van der Waals surface area contributed by atoms with Gasteiger partial charge in [-0.1, -0.05) is 23.4 Å². The van der Waals surface area contributed by atoms with Crippen LogP contribution in [0, 0.1) is 0 Å². The van der Waals surface area contributed by atoms with Crippen LogP contribution in [0.3, 0.4) is 0 Å². The summed E-state index contributed by atoms with van der Waals surface area (Å²) in [5.41, 5.74) is 0.551. The lowest BCUT2D eigenvalue weighted by molar-refractivity contribution is -0.111. The smallest absolute Gasteiger partial charge is 0.248 e. The van der Waals surface area contributed by atoms with Crippen molar-refractivity contribution in [2.24, 2.45) is 0 Å². The summed E-state index contributed by atoms with van der Waals surface area (Å²) in [6, 6.07) is 0. The Labute approximate surface area is 75.9 Å². The molecule has 4 heteroatoms. The summed E-state index contributed by atoms with van der Waals surface area (Å²) < 4.78 is 4.54. The van der Waals surface area contributed by atoms with Gasteiger partial charge in [0.15, 0.2) is 0 Å². The van der Waals surface area contributed by atoms with Gasteiger partial charge >= 0.3 is 0 Å². The van der Waals surface area contributed by atoms with Crippen LogP contribution in [0.2, 0.25) is 0 Å².